The largest absolute Gasteiger partial charge is 0.465 e. The molecule has 1 aromatic carbocycles. The van der Waals surface area contributed by atoms with Crippen molar-refractivity contribution in [3.8, 4) is 0 Å². The summed E-state index contributed by atoms with van der Waals surface area (Å²) in [7, 11) is 1.22. The van der Waals surface area contributed by atoms with Gasteiger partial charge in [0.1, 0.15) is 4.88 Å². The molecule has 0 aliphatic rings. The zero-order valence-electron chi connectivity index (χ0n) is 11.9. The van der Waals surface area contributed by atoms with Crippen molar-refractivity contribution in [2.75, 3.05) is 12.4 Å². The summed E-state index contributed by atoms with van der Waals surface area (Å²) < 4.78 is 42.5. The molecule has 0 aliphatic heterocycles. The molecule has 0 spiro atoms. The van der Waals surface area contributed by atoms with Crippen LogP contribution >= 0.6 is 11.3 Å². The van der Waals surface area contributed by atoms with Crippen LogP contribution in [0.2, 0.25) is 0 Å². The van der Waals surface area contributed by atoms with Crippen LogP contribution in [-0.2, 0) is 22.1 Å². The van der Waals surface area contributed by atoms with Crippen LogP contribution in [0.5, 0.6) is 0 Å². The summed E-state index contributed by atoms with van der Waals surface area (Å²) in [5.41, 5.74) is -0.306. The number of hydrogen-bond acceptors (Lipinski definition) is 4. The monoisotopic (exact) mass is 343 g/mol. The number of esters is 1. The molecule has 2 aromatic rings. The summed E-state index contributed by atoms with van der Waals surface area (Å²) in [6.07, 6.45) is -4.70. The number of benzene rings is 1. The third kappa shape index (κ3) is 4.32. The molecule has 0 saturated heterocycles. The van der Waals surface area contributed by atoms with Gasteiger partial charge in [-0.15, -0.1) is 11.3 Å². The van der Waals surface area contributed by atoms with Crippen LogP contribution < -0.4 is 5.32 Å². The summed E-state index contributed by atoms with van der Waals surface area (Å²) in [5.74, 6) is -1.11. The van der Waals surface area contributed by atoms with Gasteiger partial charge in [-0.3, -0.25) is 4.79 Å². The molecule has 1 heterocycles. The van der Waals surface area contributed by atoms with Gasteiger partial charge in [0.15, 0.2) is 0 Å². The Balaban J connectivity index is 2.09. The zero-order valence-corrected chi connectivity index (χ0v) is 12.8. The van der Waals surface area contributed by atoms with Gasteiger partial charge in [-0.1, -0.05) is 18.2 Å². The van der Waals surface area contributed by atoms with Crippen LogP contribution in [0.3, 0.4) is 0 Å². The molecule has 0 saturated carbocycles. The number of nitrogens with one attached hydrogen (secondary N) is 1. The third-order valence-electron chi connectivity index (χ3n) is 2.93. The number of halogens is 3. The van der Waals surface area contributed by atoms with Crippen LogP contribution in [0.1, 0.15) is 20.8 Å². The highest BCUT2D eigenvalue weighted by Gasteiger charge is 2.30. The number of carbonyl (C=O) groups is 2. The molecule has 1 N–H and O–H groups in total. The van der Waals surface area contributed by atoms with Crippen molar-refractivity contribution in [2.24, 2.45) is 0 Å². The number of rotatable bonds is 4. The molecule has 0 bridgehead atoms. The van der Waals surface area contributed by atoms with Gasteiger partial charge in [0.05, 0.1) is 24.8 Å². The lowest BCUT2D eigenvalue weighted by molar-refractivity contribution is -0.137. The summed E-state index contributed by atoms with van der Waals surface area (Å²) in [4.78, 5) is 23.7. The molecule has 8 heteroatoms. The van der Waals surface area contributed by atoms with Gasteiger partial charge >= 0.3 is 12.1 Å². The highest BCUT2D eigenvalue weighted by atomic mass is 32.1. The van der Waals surface area contributed by atoms with E-state index in [9.17, 15) is 22.8 Å². The van der Waals surface area contributed by atoms with E-state index in [0.29, 0.717) is 0 Å². The van der Waals surface area contributed by atoms with E-state index < -0.39 is 23.6 Å². The smallest absolute Gasteiger partial charge is 0.416 e. The first-order valence-corrected chi connectivity index (χ1v) is 7.31. The number of carbonyl (C=O) groups excluding carboxylic acids is 2. The molecule has 0 fully saturated rings. The van der Waals surface area contributed by atoms with E-state index in [1.165, 1.54) is 25.3 Å². The fraction of sp³-hybridized carbons (Fsp3) is 0.200. The lowest BCUT2D eigenvalue weighted by atomic mass is 10.1. The standard InChI is InChI=1S/C15H12F3NO3S/c1-22-14(21)13-11(5-6-23-13)19-12(20)8-9-3-2-4-10(7-9)15(16,17)18/h2-7H,8H2,1H3,(H,19,20). The molecule has 4 nitrogen and oxygen atoms in total. The van der Waals surface area contributed by atoms with Gasteiger partial charge in [0.25, 0.3) is 0 Å². The maximum atomic E-state index is 12.6. The molecule has 122 valence electrons. The van der Waals surface area contributed by atoms with Crippen molar-refractivity contribution >= 4 is 28.9 Å². The number of ether oxygens (including phenoxy) is 1. The Morgan fingerprint density at radius 2 is 2.00 bits per heavy atom. The molecular weight excluding hydrogens is 331 g/mol. The molecule has 23 heavy (non-hydrogen) atoms. The highest BCUT2D eigenvalue weighted by Crippen LogP contribution is 2.29. The Hall–Kier alpha value is -2.35. The van der Waals surface area contributed by atoms with Crippen LogP contribution in [0.25, 0.3) is 0 Å². The molecule has 0 radical (unpaired) electrons. The quantitative estimate of drug-likeness (QED) is 0.861. The van der Waals surface area contributed by atoms with Gasteiger partial charge in [0.2, 0.25) is 5.91 Å². The minimum absolute atomic E-state index is 0.227. The zero-order chi connectivity index (χ0) is 17.0. The van der Waals surface area contributed by atoms with E-state index >= 15 is 0 Å². The molecule has 0 aliphatic carbocycles. The van der Waals surface area contributed by atoms with E-state index in [1.807, 2.05) is 0 Å². The lowest BCUT2D eigenvalue weighted by Gasteiger charge is -2.09. The Labute approximate surface area is 133 Å². The van der Waals surface area contributed by atoms with E-state index in [1.54, 1.807) is 5.38 Å². The first-order valence-electron chi connectivity index (χ1n) is 6.43. The molecule has 0 unspecified atom stereocenters. The Morgan fingerprint density at radius 1 is 1.26 bits per heavy atom. The predicted molar refractivity (Wildman–Crippen MR) is 79.4 cm³/mol. The van der Waals surface area contributed by atoms with Crippen molar-refractivity contribution < 1.29 is 27.5 Å². The predicted octanol–water partition coefficient (Wildman–Crippen LogP) is 3.73. The molecule has 2 rings (SSSR count). The number of hydrogen-bond donors (Lipinski definition) is 1. The maximum Gasteiger partial charge on any atom is 0.416 e. The fourth-order valence-corrected chi connectivity index (χ4v) is 2.66. The number of alkyl halides is 3. The van der Waals surface area contributed by atoms with Crippen LogP contribution in [0.15, 0.2) is 35.7 Å². The van der Waals surface area contributed by atoms with E-state index in [-0.39, 0.29) is 22.5 Å². The molecule has 1 aromatic heterocycles. The first kappa shape index (κ1) is 17.0. The topological polar surface area (TPSA) is 55.4 Å². The number of methoxy groups -OCH3 is 1. The number of thiophene rings is 1. The SMILES string of the molecule is COC(=O)c1sccc1NC(=O)Cc1cccc(C(F)(F)F)c1. The second-order valence-corrected chi connectivity index (χ2v) is 5.49. The van der Waals surface area contributed by atoms with E-state index in [0.717, 1.165) is 23.5 Å². The molecule has 1 amide bonds. The van der Waals surface area contributed by atoms with Gasteiger partial charge in [-0.2, -0.15) is 13.2 Å². The summed E-state index contributed by atoms with van der Waals surface area (Å²) >= 11 is 1.10. The van der Waals surface area contributed by atoms with Gasteiger partial charge < -0.3 is 10.1 Å². The van der Waals surface area contributed by atoms with Crippen LogP contribution in [-0.4, -0.2) is 19.0 Å². The minimum atomic E-state index is -4.46. The number of anilines is 1. The minimum Gasteiger partial charge on any atom is -0.465 e. The van der Waals surface area contributed by atoms with Crippen molar-refractivity contribution in [3.63, 3.8) is 0 Å². The highest BCUT2D eigenvalue weighted by molar-refractivity contribution is 7.12. The molecule has 0 atom stereocenters. The van der Waals surface area contributed by atoms with E-state index in [2.05, 4.69) is 10.1 Å². The Morgan fingerprint density at radius 3 is 2.65 bits per heavy atom. The summed E-state index contributed by atoms with van der Waals surface area (Å²) in [6.45, 7) is 0. The van der Waals surface area contributed by atoms with Crippen LogP contribution in [0, 0.1) is 0 Å². The first-order chi connectivity index (χ1) is 10.8. The van der Waals surface area contributed by atoms with Crippen molar-refractivity contribution in [3.05, 3.63) is 51.7 Å². The molecular formula is C15H12F3NO3S. The summed E-state index contributed by atoms with van der Waals surface area (Å²) in [6, 6.07) is 6.07. The lowest BCUT2D eigenvalue weighted by Crippen LogP contribution is -2.16. The van der Waals surface area contributed by atoms with E-state index in [4.69, 9.17) is 0 Å². The van der Waals surface area contributed by atoms with Crippen LogP contribution in [0.4, 0.5) is 18.9 Å². The second kappa shape index (κ2) is 6.82. The Kier molecular flexibility index (Phi) is 5.05. The Bertz CT molecular complexity index is 725. The van der Waals surface area contributed by atoms with Gasteiger partial charge in [-0.25, -0.2) is 4.79 Å². The van der Waals surface area contributed by atoms with Gasteiger partial charge in [0, 0.05) is 0 Å². The van der Waals surface area contributed by atoms with Crippen molar-refractivity contribution in [2.45, 2.75) is 12.6 Å². The third-order valence-corrected chi connectivity index (χ3v) is 3.82. The van der Waals surface area contributed by atoms with Crippen molar-refractivity contribution in [1.82, 2.24) is 0 Å². The average Bonchev–Trinajstić information content (AvgIpc) is 2.93. The van der Waals surface area contributed by atoms with Crippen molar-refractivity contribution in [1.29, 1.82) is 0 Å². The summed E-state index contributed by atoms with van der Waals surface area (Å²) in [5, 5.41) is 4.11. The maximum absolute atomic E-state index is 12.6. The number of amides is 1. The normalized spacial score (nSPS) is 11.1. The van der Waals surface area contributed by atoms with Gasteiger partial charge in [-0.05, 0) is 23.1 Å². The average molecular weight is 343 g/mol. The fourth-order valence-electron chi connectivity index (χ4n) is 1.90. The second-order valence-electron chi connectivity index (χ2n) is 4.58.